The summed E-state index contributed by atoms with van der Waals surface area (Å²) in [6.45, 7) is 2.37. The van der Waals surface area contributed by atoms with Crippen LogP contribution in [0.1, 0.15) is 10.8 Å². The van der Waals surface area contributed by atoms with Crippen LogP contribution in [-0.2, 0) is 16.6 Å². The van der Waals surface area contributed by atoms with Crippen LogP contribution in [0.5, 0.6) is 0 Å². The minimum Gasteiger partial charge on any atom is -0.461 e. The summed E-state index contributed by atoms with van der Waals surface area (Å²) >= 11 is 1.40. The maximum atomic E-state index is 13.2. The van der Waals surface area contributed by atoms with E-state index in [-0.39, 0.29) is 5.91 Å². The van der Waals surface area contributed by atoms with Gasteiger partial charge >= 0.3 is 0 Å². The second-order valence-corrected chi connectivity index (χ2v) is 7.26. The van der Waals surface area contributed by atoms with Crippen molar-refractivity contribution in [1.82, 2.24) is 19.7 Å². The van der Waals surface area contributed by atoms with Crippen molar-refractivity contribution in [2.45, 2.75) is 10.4 Å². The number of hydrogen-bond donors (Lipinski definition) is 0. The fraction of sp³-hybridized carbons (Fsp3) is 0.316. The average molecular weight is 384 g/mol. The molecule has 1 amide bonds. The summed E-state index contributed by atoms with van der Waals surface area (Å²) in [6, 6.07) is 13.4. The van der Waals surface area contributed by atoms with E-state index in [1.165, 1.54) is 11.8 Å². The Kier molecular flexibility index (Phi) is 5.26. The molecule has 1 aliphatic heterocycles. The number of nitrogens with zero attached hydrogens (tertiary/aromatic N) is 4. The Balaban J connectivity index is 1.63. The summed E-state index contributed by atoms with van der Waals surface area (Å²) in [7, 11) is 1.88. The summed E-state index contributed by atoms with van der Waals surface area (Å²) in [6.07, 6.45) is 1.60. The normalized spacial score (nSPS) is 15.7. The number of morpholine rings is 1. The van der Waals surface area contributed by atoms with Crippen LogP contribution in [0.3, 0.4) is 0 Å². The number of carbonyl (C=O) groups is 1. The molecule has 27 heavy (non-hydrogen) atoms. The zero-order valence-corrected chi connectivity index (χ0v) is 15.8. The molecule has 0 radical (unpaired) electrons. The van der Waals surface area contributed by atoms with Gasteiger partial charge in [-0.1, -0.05) is 42.1 Å². The van der Waals surface area contributed by atoms with E-state index in [4.69, 9.17) is 9.15 Å². The summed E-state index contributed by atoms with van der Waals surface area (Å²) in [4.78, 5) is 15.1. The Labute approximate surface area is 161 Å². The van der Waals surface area contributed by atoms with E-state index in [1.54, 1.807) is 6.26 Å². The lowest BCUT2D eigenvalue weighted by Gasteiger charge is -2.30. The van der Waals surface area contributed by atoms with E-state index in [2.05, 4.69) is 10.2 Å². The van der Waals surface area contributed by atoms with E-state index in [1.807, 2.05) is 59.0 Å². The maximum Gasteiger partial charge on any atom is 0.240 e. The van der Waals surface area contributed by atoms with Crippen LogP contribution in [0.15, 0.2) is 58.3 Å². The number of ether oxygens (including phenoxy) is 1. The maximum absolute atomic E-state index is 13.2. The summed E-state index contributed by atoms with van der Waals surface area (Å²) in [5.41, 5.74) is 0.946. The Morgan fingerprint density at radius 1 is 1.11 bits per heavy atom. The molecule has 0 aliphatic carbocycles. The SMILES string of the molecule is Cn1c(S[C@@H](C(=O)N2CCOCC2)c2ccccc2)nnc1-c1ccco1. The first-order valence-electron chi connectivity index (χ1n) is 8.75. The van der Waals surface area contributed by atoms with E-state index >= 15 is 0 Å². The molecule has 2 aromatic heterocycles. The predicted molar refractivity (Wildman–Crippen MR) is 101 cm³/mol. The Morgan fingerprint density at radius 3 is 2.59 bits per heavy atom. The van der Waals surface area contributed by atoms with Gasteiger partial charge in [-0.15, -0.1) is 10.2 Å². The molecule has 3 aromatic rings. The molecule has 1 saturated heterocycles. The number of benzene rings is 1. The lowest BCUT2D eigenvalue weighted by Crippen LogP contribution is -2.42. The van der Waals surface area contributed by atoms with Gasteiger partial charge in [0.2, 0.25) is 5.91 Å². The number of hydrogen-bond acceptors (Lipinski definition) is 6. The van der Waals surface area contributed by atoms with Gasteiger partial charge in [0.15, 0.2) is 16.7 Å². The van der Waals surface area contributed by atoms with Gasteiger partial charge < -0.3 is 18.6 Å². The van der Waals surface area contributed by atoms with Gasteiger partial charge in [0.25, 0.3) is 0 Å². The molecule has 8 heteroatoms. The van der Waals surface area contributed by atoms with Crippen molar-refractivity contribution >= 4 is 17.7 Å². The van der Waals surface area contributed by atoms with Crippen molar-refractivity contribution in [3.05, 3.63) is 54.3 Å². The molecule has 0 unspecified atom stereocenters. The third-order valence-electron chi connectivity index (χ3n) is 4.45. The highest BCUT2D eigenvalue weighted by Crippen LogP contribution is 2.37. The monoisotopic (exact) mass is 384 g/mol. The molecular formula is C19H20N4O3S. The number of aromatic nitrogens is 3. The standard InChI is InChI=1S/C19H20N4O3S/c1-22-17(15-8-5-11-26-15)20-21-19(22)27-16(14-6-3-2-4-7-14)18(24)23-9-12-25-13-10-23/h2-8,11,16H,9-10,12-13H2,1H3/t16-/m1/s1. The number of carbonyl (C=O) groups excluding carboxylic acids is 1. The number of rotatable bonds is 5. The van der Waals surface area contributed by atoms with Crippen molar-refractivity contribution in [1.29, 1.82) is 0 Å². The topological polar surface area (TPSA) is 73.4 Å². The highest BCUT2D eigenvalue weighted by Gasteiger charge is 2.30. The quantitative estimate of drug-likeness (QED) is 0.630. The van der Waals surface area contributed by atoms with E-state index in [0.29, 0.717) is 43.0 Å². The molecule has 1 aromatic carbocycles. The lowest BCUT2D eigenvalue weighted by atomic mass is 10.1. The van der Waals surface area contributed by atoms with Gasteiger partial charge in [0, 0.05) is 20.1 Å². The van der Waals surface area contributed by atoms with Gasteiger partial charge in [-0.3, -0.25) is 4.79 Å². The van der Waals surface area contributed by atoms with E-state index < -0.39 is 5.25 Å². The highest BCUT2D eigenvalue weighted by molar-refractivity contribution is 8.00. The highest BCUT2D eigenvalue weighted by atomic mass is 32.2. The third kappa shape index (κ3) is 3.77. The van der Waals surface area contributed by atoms with Crippen LogP contribution in [0.2, 0.25) is 0 Å². The van der Waals surface area contributed by atoms with Crippen molar-refractivity contribution < 1.29 is 13.9 Å². The molecule has 0 bridgehead atoms. The number of amides is 1. The van der Waals surface area contributed by atoms with Crippen LogP contribution in [-0.4, -0.2) is 51.9 Å². The number of thioether (sulfide) groups is 1. The molecule has 1 atom stereocenters. The summed E-state index contributed by atoms with van der Waals surface area (Å²) in [5.74, 6) is 1.35. The van der Waals surface area contributed by atoms with Crippen molar-refractivity contribution in [3.8, 4) is 11.6 Å². The van der Waals surface area contributed by atoms with E-state index in [0.717, 1.165) is 5.56 Å². The van der Waals surface area contributed by atoms with Gasteiger partial charge in [0.05, 0.1) is 19.5 Å². The van der Waals surface area contributed by atoms with Crippen LogP contribution in [0, 0.1) is 0 Å². The molecule has 3 heterocycles. The predicted octanol–water partition coefficient (Wildman–Crippen LogP) is 2.77. The van der Waals surface area contributed by atoms with Crippen molar-refractivity contribution in [2.24, 2.45) is 7.05 Å². The zero-order valence-electron chi connectivity index (χ0n) is 14.9. The molecule has 0 N–H and O–H groups in total. The zero-order chi connectivity index (χ0) is 18.6. The average Bonchev–Trinajstić information content (AvgIpc) is 3.37. The smallest absolute Gasteiger partial charge is 0.240 e. The molecule has 4 rings (SSSR count). The fourth-order valence-electron chi connectivity index (χ4n) is 2.98. The van der Waals surface area contributed by atoms with Crippen molar-refractivity contribution in [3.63, 3.8) is 0 Å². The summed E-state index contributed by atoms with van der Waals surface area (Å²) in [5, 5.41) is 8.79. The fourth-order valence-corrected chi connectivity index (χ4v) is 4.07. The Morgan fingerprint density at radius 2 is 1.89 bits per heavy atom. The van der Waals surface area contributed by atoms with Gasteiger partial charge in [-0.05, 0) is 17.7 Å². The van der Waals surface area contributed by atoms with Crippen LogP contribution >= 0.6 is 11.8 Å². The first-order chi connectivity index (χ1) is 13.2. The molecular weight excluding hydrogens is 364 g/mol. The van der Waals surface area contributed by atoms with Gasteiger partial charge in [0.1, 0.15) is 5.25 Å². The molecule has 1 aliphatic rings. The minimum atomic E-state index is -0.392. The number of furan rings is 1. The third-order valence-corrected chi connectivity index (χ3v) is 5.72. The Hall–Kier alpha value is -2.58. The Bertz CT molecular complexity index is 889. The second-order valence-electron chi connectivity index (χ2n) is 6.19. The van der Waals surface area contributed by atoms with Crippen LogP contribution < -0.4 is 0 Å². The van der Waals surface area contributed by atoms with Gasteiger partial charge in [-0.2, -0.15) is 0 Å². The second kappa shape index (κ2) is 7.98. The molecule has 7 nitrogen and oxygen atoms in total. The van der Waals surface area contributed by atoms with Crippen LogP contribution in [0.4, 0.5) is 0 Å². The van der Waals surface area contributed by atoms with Crippen molar-refractivity contribution in [2.75, 3.05) is 26.3 Å². The summed E-state index contributed by atoms with van der Waals surface area (Å²) < 4.78 is 12.7. The first-order valence-corrected chi connectivity index (χ1v) is 9.63. The molecule has 0 spiro atoms. The molecule has 1 fully saturated rings. The van der Waals surface area contributed by atoms with Gasteiger partial charge in [-0.25, -0.2) is 0 Å². The largest absolute Gasteiger partial charge is 0.461 e. The molecule has 140 valence electrons. The molecule has 0 saturated carbocycles. The first kappa shape index (κ1) is 17.8. The van der Waals surface area contributed by atoms with E-state index in [9.17, 15) is 4.79 Å². The van der Waals surface area contributed by atoms with Crippen LogP contribution in [0.25, 0.3) is 11.6 Å². The minimum absolute atomic E-state index is 0.0667. The lowest BCUT2D eigenvalue weighted by molar-refractivity contribution is -0.134.